The van der Waals surface area contributed by atoms with E-state index in [4.69, 9.17) is 0 Å². The largest absolute Gasteiger partial charge is 0.347 e. The third kappa shape index (κ3) is 3.63. The van der Waals surface area contributed by atoms with Gasteiger partial charge >= 0.3 is 0 Å². The molecular formula is C20H15FN4OS. The van der Waals surface area contributed by atoms with Crippen LogP contribution in [0.25, 0.3) is 16.3 Å². The fourth-order valence-corrected chi connectivity index (χ4v) is 3.52. The van der Waals surface area contributed by atoms with E-state index in [9.17, 15) is 9.18 Å². The van der Waals surface area contributed by atoms with E-state index in [2.05, 4.69) is 15.4 Å². The summed E-state index contributed by atoms with van der Waals surface area (Å²) in [7, 11) is 0. The van der Waals surface area contributed by atoms with Crippen molar-refractivity contribution < 1.29 is 9.18 Å². The third-order valence-electron chi connectivity index (χ3n) is 4.02. The van der Waals surface area contributed by atoms with Crippen molar-refractivity contribution in [1.29, 1.82) is 0 Å². The molecule has 4 aromatic rings. The number of hydrogen-bond acceptors (Lipinski definition) is 4. The van der Waals surface area contributed by atoms with Gasteiger partial charge in [0.25, 0.3) is 5.91 Å². The second kappa shape index (κ2) is 7.51. The number of thiazole rings is 1. The molecule has 0 atom stereocenters. The van der Waals surface area contributed by atoms with Crippen molar-refractivity contribution in [2.24, 2.45) is 0 Å². The number of carbonyl (C=O) groups excluding carboxylic acids is 1. The molecule has 2 aromatic carbocycles. The first-order valence-corrected chi connectivity index (χ1v) is 9.17. The normalized spacial score (nSPS) is 10.7. The van der Waals surface area contributed by atoms with Gasteiger partial charge in [0, 0.05) is 29.9 Å². The molecule has 0 bridgehead atoms. The lowest BCUT2D eigenvalue weighted by Gasteiger charge is -2.10. The Morgan fingerprint density at radius 2 is 1.93 bits per heavy atom. The van der Waals surface area contributed by atoms with Crippen LogP contribution in [0.2, 0.25) is 0 Å². The molecule has 27 heavy (non-hydrogen) atoms. The van der Waals surface area contributed by atoms with E-state index >= 15 is 0 Å². The summed E-state index contributed by atoms with van der Waals surface area (Å²) in [5.74, 6) is -0.656. The standard InChI is InChI=1S/C20H15FN4OS/c21-16-8-3-2-7-15(16)20-24-17(13-27-20)19(26)22-12-14-6-1-4-9-18(14)25-11-5-10-23-25/h1-11,13H,12H2,(H,22,26). The van der Waals surface area contributed by atoms with Crippen LogP contribution in [0.1, 0.15) is 16.1 Å². The molecule has 134 valence electrons. The van der Waals surface area contributed by atoms with Gasteiger partial charge in [0.15, 0.2) is 0 Å². The van der Waals surface area contributed by atoms with Gasteiger partial charge in [-0.05, 0) is 29.8 Å². The number of aromatic nitrogens is 3. The maximum atomic E-state index is 13.9. The van der Waals surface area contributed by atoms with Crippen LogP contribution in [0.4, 0.5) is 4.39 Å². The predicted octanol–water partition coefficient (Wildman–Crippen LogP) is 4.06. The minimum absolute atomic E-state index is 0.273. The highest BCUT2D eigenvalue weighted by Gasteiger charge is 2.14. The monoisotopic (exact) mass is 378 g/mol. The smallest absolute Gasteiger partial charge is 0.271 e. The Bertz CT molecular complexity index is 1080. The van der Waals surface area contributed by atoms with Gasteiger partial charge < -0.3 is 5.32 Å². The first kappa shape index (κ1) is 17.1. The Labute approximate surface area is 159 Å². The van der Waals surface area contributed by atoms with Gasteiger partial charge in [-0.25, -0.2) is 14.1 Å². The van der Waals surface area contributed by atoms with Crippen LogP contribution in [0.15, 0.2) is 72.4 Å². The molecule has 0 spiro atoms. The molecule has 2 heterocycles. The molecule has 0 aliphatic carbocycles. The van der Waals surface area contributed by atoms with E-state index < -0.39 is 0 Å². The number of carbonyl (C=O) groups is 1. The highest BCUT2D eigenvalue weighted by Crippen LogP contribution is 2.26. The minimum Gasteiger partial charge on any atom is -0.347 e. The van der Waals surface area contributed by atoms with Gasteiger partial charge in [-0.2, -0.15) is 5.10 Å². The summed E-state index contributed by atoms with van der Waals surface area (Å²) in [6.07, 6.45) is 3.55. The lowest BCUT2D eigenvalue weighted by atomic mass is 10.1. The highest BCUT2D eigenvalue weighted by atomic mass is 32.1. The molecule has 0 unspecified atom stereocenters. The fourth-order valence-electron chi connectivity index (χ4n) is 2.70. The van der Waals surface area contributed by atoms with E-state index in [0.29, 0.717) is 17.1 Å². The van der Waals surface area contributed by atoms with Gasteiger partial charge in [-0.15, -0.1) is 11.3 Å². The maximum absolute atomic E-state index is 13.9. The first-order valence-electron chi connectivity index (χ1n) is 8.29. The number of nitrogens with zero attached hydrogens (tertiary/aromatic N) is 3. The maximum Gasteiger partial charge on any atom is 0.271 e. The zero-order valence-corrected chi connectivity index (χ0v) is 15.0. The summed E-state index contributed by atoms with van der Waals surface area (Å²) >= 11 is 1.24. The second-order valence-electron chi connectivity index (χ2n) is 5.78. The van der Waals surface area contributed by atoms with Crippen LogP contribution >= 0.6 is 11.3 Å². The number of benzene rings is 2. The molecule has 1 amide bonds. The average molecular weight is 378 g/mol. The van der Waals surface area contributed by atoms with Crippen LogP contribution in [0.3, 0.4) is 0 Å². The molecule has 0 fully saturated rings. The van der Waals surface area contributed by atoms with Crippen LogP contribution in [-0.2, 0) is 6.54 Å². The van der Waals surface area contributed by atoms with Crippen molar-refractivity contribution in [3.05, 3.63) is 89.4 Å². The van der Waals surface area contributed by atoms with Gasteiger partial charge in [0.05, 0.1) is 5.69 Å². The minimum atomic E-state index is -0.355. The molecular weight excluding hydrogens is 363 g/mol. The lowest BCUT2D eigenvalue weighted by molar-refractivity contribution is 0.0946. The first-order chi connectivity index (χ1) is 13.2. The fraction of sp³-hybridized carbons (Fsp3) is 0.0500. The van der Waals surface area contributed by atoms with Crippen molar-refractivity contribution in [2.45, 2.75) is 6.54 Å². The summed E-state index contributed by atoms with van der Waals surface area (Å²) < 4.78 is 15.6. The SMILES string of the molecule is O=C(NCc1ccccc1-n1cccn1)c1csc(-c2ccccc2F)n1. The van der Waals surface area contributed by atoms with E-state index in [1.807, 2.05) is 36.5 Å². The average Bonchev–Trinajstić information content (AvgIpc) is 3.39. The molecule has 4 rings (SSSR count). The van der Waals surface area contributed by atoms with Gasteiger partial charge in [-0.1, -0.05) is 30.3 Å². The molecule has 0 aliphatic rings. The Morgan fingerprint density at radius 3 is 2.74 bits per heavy atom. The third-order valence-corrected chi connectivity index (χ3v) is 4.90. The van der Waals surface area contributed by atoms with Crippen molar-refractivity contribution in [2.75, 3.05) is 0 Å². The van der Waals surface area contributed by atoms with Gasteiger partial charge in [0.2, 0.25) is 0 Å². The second-order valence-corrected chi connectivity index (χ2v) is 6.64. The Balaban J connectivity index is 1.49. The summed E-state index contributed by atoms with van der Waals surface area (Å²) in [6, 6.07) is 15.9. The number of hydrogen-bond donors (Lipinski definition) is 1. The van der Waals surface area contributed by atoms with E-state index in [1.165, 1.54) is 17.4 Å². The van der Waals surface area contributed by atoms with Crippen molar-refractivity contribution in [3.8, 4) is 16.3 Å². The summed E-state index contributed by atoms with van der Waals surface area (Å²) in [5, 5.41) is 9.22. The van der Waals surface area contributed by atoms with Crippen LogP contribution in [-0.4, -0.2) is 20.7 Å². The van der Waals surface area contributed by atoms with Gasteiger partial charge in [-0.3, -0.25) is 4.79 Å². The zero-order valence-electron chi connectivity index (χ0n) is 14.2. The highest BCUT2D eigenvalue weighted by molar-refractivity contribution is 7.13. The topological polar surface area (TPSA) is 59.8 Å². The molecule has 7 heteroatoms. The van der Waals surface area contributed by atoms with Crippen molar-refractivity contribution in [1.82, 2.24) is 20.1 Å². The molecule has 0 aliphatic heterocycles. The van der Waals surface area contributed by atoms with Crippen LogP contribution in [0, 0.1) is 5.82 Å². The van der Waals surface area contributed by atoms with Crippen LogP contribution < -0.4 is 5.32 Å². The molecule has 2 aromatic heterocycles. The quantitative estimate of drug-likeness (QED) is 0.570. The van der Waals surface area contributed by atoms with E-state index in [-0.39, 0.29) is 17.4 Å². The van der Waals surface area contributed by atoms with E-state index in [0.717, 1.165) is 11.3 Å². The number of amides is 1. The molecule has 5 nitrogen and oxygen atoms in total. The summed E-state index contributed by atoms with van der Waals surface area (Å²) in [4.78, 5) is 16.7. The van der Waals surface area contributed by atoms with Gasteiger partial charge in [0.1, 0.15) is 16.5 Å². The Kier molecular flexibility index (Phi) is 4.76. The Morgan fingerprint density at radius 1 is 1.11 bits per heavy atom. The zero-order chi connectivity index (χ0) is 18.6. The van der Waals surface area contributed by atoms with Crippen molar-refractivity contribution >= 4 is 17.2 Å². The number of rotatable bonds is 5. The van der Waals surface area contributed by atoms with E-state index in [1.54, 1.807) is 34.5 Å². The molecule has 1 N–H and O–H groups in total. The van der Waals surface area contributed by atoms with Crippen molar-refractivity contribution in [3.63, 3.8) is 0 Å². The predicted molar refractivity (Wildman–Crippen MR) is 102 cm³/mol. The van der Waals surface area contributed by atoms with Crippen LogP contribution in [0.5, 0.6) is 0 Å². The molecule has 0 saturated carbocycles. The Hall–Kier alpha value is -3.32. The summed E-state index contributed by atoms with van der Waals surface area (Å²) in [6.45, 7) is 0.335. The number of nitrogens with one attached hydrogen (secondary N) is 1. The molecule has 0 radical (unpaired) electrons. The number of para-hydroxylation sites is 1. The molecule has 0 saturated heterocycles. The summed E-state index contributed by atoms with van der Waals surface area (Å²) in [5.41, 5.74) is 2.49. The number of halogens is 1. The lowest BCUT2D eigenvalue weighted by Crippen LogP contribution is -2.23.